The molecule has 0 aliphatic rings. The lowest BCUT2D eigenvalue weighted by atomic mass is 10.0. The van der Waals surface area contributed by atoms with E-state index < -0.39 is 29.1 Å². The van der Waals surface area contributed by atoms with E-state index in [-0.39, 0.29) is 5.75 Å². The predicted octanol–water partition coefficient (Wildman–Crippen LogP) is 1.38. The molecular formula is C15H24O4S. The fourth-order valence-corrected chi connectivity index (χ4v) is 3.02. The second-order valence-electron chi connectivity index (χ2n) is 5.09. The molecule has 114 valence electrons. The van der Waals surface area contributed by atoms with Crippen molar-refractivity contribution >= 4 is 10.8 Å². The number of aliphatic hydroxyl groups is 3. The Kier molecular flexibility index (Phi) is 7.37. The fraction of sp³-hybridized carbons (Fsp3) is 0.600. The Labute approximate surface area is 122 Å². The molecule has 1 rings (SSSR count). The molecule has 0 saturated carbocycles. The number of hydrogen-bond donors (Lipinski definition) is 3. The molecule has 0 aliphatic carbocycles. The normalized spacial score (nSPS) is 17.4. The number of aryl methyl sites for hydroxylation is 1. The minimum atomic E-state index is -1.39. The SMILES string of the molecule is CCCC[C@H](O)[C@@H](O)[C@H](O)CS(=O)c1ccc(C)cc1. The van der Waals surface area contributed by atoms with Crippen molar-refractivity contribution in [1.29, 1.82) is 0 Å². The van der Waals surface area contributed by atoms with Crippen molar-refractivity contribution < 1.29 is 19.5 Å². The summed E-state index contributed by atoms with van der Waals surface area (Å²) in [6.45, 7) is 3.93. The van der Waals surface area contributed by atoms with E-state index >= 15 is 0 Å². The van der Waals surface area contributed by atoms with Crippen molar-refractivity contribution in [2.24, 2.45) is 0 Å². The van der Waals surface area contributed by atoms with Crippen LogP contribution in [0, 0.1) is 6.92 Å². The van der Waals surface area contributed by atoms with Crippen LogP contribution in [0.5, 0.6) is 0 Å². The van der Waals surface area contributed by atoms with Gasteiger partial charge in [-0.2, -0.15) is 0 Å². The summed E-state index contributed by atoms with van der Waals surface area (Å²) in [4.78, 5) is 0.616. The molecule has 0 aromatic heterocycles. The van der Waals surface area contributed by atoms with E-state index in [0.717, 1.165) is 18.4 Å². The minimum Gasteiger partial charge on any atom is -0.390 e. The topological polar surface area (TPSA) is 77.8 Å². The van der Waals surface area contributed by atoms with Gasteiger partial charge in [0.25, 0.3) is 0 Å². The lowest BCUT2D eigenvalue weighted by Crippen LogP contribution is -2.40. The van der Waals surface area contributed by atoms with E-state index in [2.05, 4.69) is 0 Å². The van der Waals surface area contributed by atoms with Gasteiger partial charge >= 0.3 is 0 Å². The molecule has 0 heterocycles. The van der Waals surface area contributed by atoms with Gasteiger partial charge in [0.2, 0.25) is 0 Å². The van der Waals surface area contributed by atoms with Crippen LogP contribution in [0.4, 0.5) is 0 Å². The number of benzene rings is 1. The average Bonchev–Trinajstić information content (AvgIpc) is 2.44. The highest BCUT2D eigenvalue weighted by Crippen LogP contribution is 2.13. The molecule has 0 spiro atoms. The molecule has 0 aliphatic heterocycles. The third kappa shape index (κ3) is 5.32. The third-order valence-electron chi connectivity index (χ3n) is 3.25. The Hall–Kier alpha value is -0.750. The van der Waals surface area contributed by atoms with Crippen LogP contribution >= 0.6 is 0 Å². The molecule has 1 aromatic rings. The minimum absolute atomic E-state index is 0.0760. The van der Waals surface area contributed by atoms with Gasteiger partial charge in [0.15, 0.2) is 0 Å². The van der Waals surface area contributed by atoms with Crippen LogP contribution in [0.15, 0.2) is 29.2 Å². The molecule has 4 nitrogen and oxygen atoms in total. The zero-order valence-corrected chi connectivity index (χ0v) is 12.8. The third-order valence-corrected chi connectivity index (χ3v) is 4.69. The molecule has 20 heavy (non-hydrogen) atoms. The smallest absolute Gasteiger partial charge is 0.107 e. The van der Waals surface area contributed by atoms with Crippen LogP contribution in [0.25, 0.3) is 0 Å². The van der Waals surface area contributed by atoms with Gasteiger partial charge in [-0.3, -0.25) is 4.21 Å². The van der Waals surface area contributed by atoms with Gasteiger partial charge in [0, 0.05) is 4.90 Å². The standard InChI is InChI=1S/C15H24O4S/c1-3-4-5-13(16)15(18)14(17)10-20(19)12-8-6-11(2)7-9-12/h6-9,13-18H,3-5,10H2,1-2H3/t13-,14+,15+,20?/m0/s1. The summed E-state index contributed by atoms with van der Waals surface area (Å²) in [5.41, 5.74) is 1.07. The molecule has 0 fully saturated rings. The average molecular weight is 300 g/mol. The van der Waals surface area contributed by atoms with Crippen LogP contribution < -0.4 is 0 Å². The van der Waals surface area contributed by atoms with Gasteiger partial charge in [-0.15, -0.1) is 0 Å². The van der Waals surface area contributed by atoms with Crippen LogP contribution in [0.3, 0.4) is 0 Å². The van der Waals surface area contributed by atoms with Gasteiger partial charge in [0.05, 0.1) is 28.8 Å². The maximum absolute atomic E-state index is 12.1. The number of hydrogen-bond acceptors (Lipinski definition) is 4. The molecule has 0 bridgehead atoms. The van der Waals surface area contributed by atoms with Crippen molar-refractivity contribution in [1.82, 2.24) is 0 Å². The maximum Gasteiger partial charge on any atom is 0.107 e. The van der Waals surface area contributed by atoms with Crippen LogP contribution in [-0.2, 0) is 10.8 Å². The molecule has 1 aromatic carbocycles. The zero-order chi connectivity index (χ0) is 15.1. The van der Waals surface area contributed by atoms with Crippen molar-refractivity contribution in [2.75, 3.05) is 5.75 Å². The summed E-state index contributed by atoms with van der Waals surface area (Å²) < 4.78 is 12.1. The predicted molar refractivity (Wildman–Crippen MR) is 80.0 cm³/mol. The first-order chi connectivity index (χ1) is 9.45. The summed E-state index contributed by atoms with van der Waals surface area (Å²) in [7, 11) is -1.39. The lowest BCUT2D eigenvalue weighted by Gasteiger charge is -2.22. The van der Waals surface area contributed by atoms with Gasteiger partial charge < -0.3 is 15.3 Å². The van der Waals surface area contributed by atoms with Crippen molar-refractivity contribution in [3.63, 3.8) is 0 Å². The van der Waals surface area contributed by atoms with Gasteiger partial charge in [0.1, 0.15) is 6.10 Å². The monoisotopic (exact) mass is 300 g/mol. The van der Waals surface area contributed by atoms with E-state index in [1.807, 2.05) is 26.0 Å². The van der Waals surface area contributed by atoms with Crippen LogP contribution in [-0.4, -0.2) is 43.6 Å². The number of rotatable bonds is 8. The van der Waals surface area contributed by atoms with E-state index in [1.54, 1.807) is 12.1 Å². The van der Waals surface area contributed by atoms with Crippen molar-refractivity contribution in [3.05, 3.63) is 29.8 Å². The number of aliphatic hydroxyl groups excluding tert-OH is 3. The highest BCUT2D eigenvalue weighted by Gasteiger charge is 2.26. The van der Waals surface area contributed by atoms with Crippen molar-refractivity contribution in [2.45, 2.75) is 56.3 Å². The Balaban J connectivity index is 2.54. The maximum atomic E-state index is 12.1. The Morgan fingerprint density at radius 2 is 1.70 bits per heavy atom. The Bertz CT molecular complexity index is 418. The number of unbranched alkanes of at least 4 members (excludes halogenated alkanes) is 1. The summed E-state index contributed by atoms with van der Waals surface area (Å²) in [5, 5.41) is 29.4. The molecule has 4 atom stereocenters. The molecular weight excluding hydrogens is 276 g/mol. The van der Waals surface area contributed by atoms with Crippen LogP contribution in [0.1, 0.15) is 31.7 Å². The first-order valence-electron chi connectivity index (χ1n) is 6.95. The largest absolute Gasteiger partial charge is 0.390 e. The van der Waals surface area contributed by atoms with E-state index in [4.69, 9.17) is 0 Å². The zero-order valence-electron chi connectivity index (χ0n) is 12.0. The molecule has 5 heteroatoms. The summed E-state index contributed by atoms with van der Waals surface area (Å²) in [6.07, 6.45) is -1.28. The van der Waals surface area contributed by atoms with Gasteiger partial charge in [-0.1, -0.05) is 37.5 Å². The quantitative estimate of drug-likeness (QED) is 0.678. The molecule has 0 saturated heterocycles. The molecule has 0 amide bonds. The van der Waals surface area contributed by atoms with Gasteiger partial charge in [-0.25, -0.2) is 0 Å². The first kappa shape index (κ1) is 17.3. The molecule has 0 radical (unpaired) electrons. The second-order valence-corrected chi connectivity index (χ2v) is 6.59. The van der Waals surface area contributed by atoms with Crippen molar-refractivity contribution in [3.8, 4) is 0 Å². The summed E-state index contributed by atoms with van der Waals surface area (Å²) in [5.74, 6) is -0.0760. The lowest BCUT2D eigenvalue weighted by molar-refractivity contribution is -0.0533. The molecule has 3 N–H and O–H groups in total. The first-order valence-corrected chi connectivity index (χ1v) is 8.26. The van der Waals surface area contributed by atoms with E-state index in [1.165, 1.54) is 0 Å². The highest BCUT2D eigenvalue weighted by molar-refractivity contribution is 7.85. The molecule has 1 unspecified atom stereocenters. The Morgan fingerprint density at radius 1 is 1.10 bits per heavy atom. The van der Waals surface area contributed by atoms with E-state index in [9.17, 15) is 19.5 Å². The summed E-state index contributed by atoms with van der Waals surface area (Å²) in [6, 6.07) is 7.20. The Morgan fingerprint density at radius 3 is 2.25 bits per heavy atom. The van der Waals surface area contributed by atoms with Crippen LogP contribution in [0.2, 0.25) is 0 Å². The second kappa shape index (κ2) is 8.52. The summed E-state index contributed by atoms with van der Waals surface area (Å²) >= 11 is 0. The highest BCUT2D eigenvalue weighted by atomic mass is 32.2. The fourth-order valence-electron chi connectivity index (χ4n) is 1.88. The van der Waals surface area contributed by atoms with E-state index in [0.29, 0.717) is 11.3 Å². The van der Waals surface area contributed by atoms with Gasteiger partial charge in [-0.05, 0) is 25.5 Å².